The summed E-state index contributed by atoms with van der Waals surface area (Å²) in [6.45, 7) is 2.23. The normalized spacial score (nSPS) is 11.9. The number of rotatable bonds is 10. The number of esters is 1. The second-order valence-electron chi connectivity index (χ2n) is 6.74. The van der Waals surface area contributed by atoms with E-state index in [9.17, 15) is 9.90 Å². The molecule has 0 aliphatic carbocycles. The van der Waals surface area contributed by atoms with Crippen LogP contribution >= 0.6 is 0 Å². The van der Waals surface area contributed by atoms with E-state index in [-0.39, 0.29) is 17.6 Å². The Morgan fingerprint density at radius 1 is 1.18 bits per heavy atom. The molecule has 4 heteroatoms. The number of hydrogen-bond acceptors (Lipinski definition) is 4. The Hall–Kier alpha value is -3.06. The van der Waals surface area contributed by atoms with Crippen molar-refractivity contribution in [3.63, 3.8) is 0 Å². The molecule has 0 spiro atoms. The highest BCUT2D eigenvalue weighted by atomic mass is 16.5. The van der Waals surface area contributed by atoms with Crippen LogP contribution in [-0.2, 0) is 16.0 Å². The summed E-state index contributed by atoms with van der Waals surface area (Å²) in [7, 11) is 0. The van der Waals surface area contributed by atoms with Crippen LogP contribution in [0.2, 0.25) is 0 Å². The highest BCUT2D eigenvalue weighted by Crippen LogP contribution is 2.22. The van der Waals surface area contributed by atoms with Crippen molar-refractivity contribution in [2.45, 2.75) is 39.0 Å². The summed E-state index contributed by atoms with van der Waals surface area (Å²) in [5, 5.41) is 18.9. The van der Waals surface area contributed by atoms with Crippen molar-refractivity contribution in [3.8, 4) is 11.8 Å². The maximum absolute atomic E-state index is 11.5. The Bertz CT molecular complexity index is 818. The maximum Gasteiger partial charge on any atom is 0.305 e. The molecule has 0 aliphatic rings. The first-order valence-corrected chi connectivity index (χ1v) is 9.73. The number of phenolic OH excluding ortho intramolecular Hbond substituents is 1. The van der Waals surface area contributed by atoms with Gasteiger partial charge < -0.3 is 9.84 Å². The van der Waals surface area contributed by atoms with Crippen LogP contribution in [0.5, 0.6) is 5.75 Å². The van der Waals surface area contributed by atoms with Crippen molar-refractivity contribution >= 4 is 12.0 Å². The zero-order chi connectivity index (χ0) is 20.2. The summed E-state index contributed by atoms with van der Waals surface area (Å²) in [4.78, 5) is 11.5. The number of para-hydroxylation sites is 1. The Morgan fingerprint density at radius 3 is 2.61 bits per heavy atom. The van der Waals surface area contributed by atoms with E-state index in [1.54, 1.807) is 12.1 Å². The molecule has 0 saturated carbocycles. The summed E-state index contributed by atoms with van der Waals surface area (Å²) >= 11 is 0. The Labute approximate surface area is 167 Å². The SMILES string of the molecule is CCOC(=O)CCCCC(/C=C/c1ccccc1O)Cc1ccc(C#N)cc1. The van der Waals surface area contributed by atoms with Gasteiger partial charge in [-0.05, 0) is 55.9 Å². The Kier molecular flexibility index (Phi) is 8.81. The number of nitriles is 1. The Morgan fingerprint density at radius 2 is 1.93 bits per heavy atom. The second kappa shape index (κ2) is 11.6. The standard InChI is InChI=1S/C24H27NO3/c1-2-28-24(27)10-6-3-7-19(15-16-22-8-4-5-9-23(22)26)17-20-11-13-21(18-25)14-12-20/h4-5,8-9,11-16,19,26H,2-3,6-7,10,17H2,1H3/b16-15+. The van der Waals surface area contributed by atoms with Gasteiger partial charge in [0.05, 0.1) is 18.2 Å². The summed E-state index contributed by atoms with van der Waals surface area (Å²) < 4.78 is 4.98. The van der Waals surface area contributed by atoms with Crippen molar-refractivity contribution in [2.75, 3.05) is 6.61 Å². The van der Waals surface area contributed by atoms with Crippen molar-refractivity contribution in [2.24, 2.45) is 5.92 Å². The lowest BCUT2D eigenvalue weighted by Gasteiger charge is -2.13. The summed E-state index contributed by atoms with van der Waals surface area (Å²) in [5.41, 5.74) is 2.61. The van der Waals surface area contributed by atoms with Crippen LogP contribution in [0, 0.1) is 17.2 Å². The topological polar surface area (TPSA) is 70.3 Å². The van der Waals surface area contributed by atoms with E-state index in [0.717, 1.165) is 36.8 Å². The quantitative estimate of drug-likeness (QED) is 0.453. The molecule has 0 heterocycles. The van der Waals surface area contributed by atoms with E-state index in [4.69, 9.17) is 10.00 Å². The highest BCUT2D eigenvalue weighted by Gasteiger charge is 2.09. The lowest BCUT2D eigenvalue weighted by atomic mass is 9.92. The Balaban J connectivity index is 2.00. The molecule has 146 valence electrons. The number of benzene rings is 2. The van der Waals surface area contributed by atoms with E-state index in [1.165, 1.54) is 0 Å². The summed E-state index contributed by atoms with van der Waals surface area (Å²) in [6, 6.07) is 17.0. The maximum atomic E-state index is 11.5. The van der Waals surface area contributed by atoms with Crippen LogP contribution in [0.15, 0.2) is 54.6 Å². The molecule has 1 unspecified atom stereocenters. The van der Waals surface area contributed by atoms with Gasteiger partial charge in [-0.25, -0.2) is 0 Å². The van der Waals surface area contributed by atoms with E-state index in [1.807, 2.05) is 49.4 Å². The van der Waals surface area contributed by atoms with Gasteiger partial charge in [0.15, 0.2) is 0 Å². The number of carbonyl (C=O) groups is 1. The third-order valence-corrected chi connectivity index (χ3v) is 4.58. The monoisotopic (exact) mass is 377 g/mol. The molecule has 0 saturated heterocycles. The fourth-order valence-electron chi connectivity index (χ4n) is 3.06. The average Bonchev–Trinajstić information content (AvgIpc) is 2.71. The lowest BCUT2D eigenvalue weighted by Crippen LogP contribution is -2.05. The predicted molar refractivity (Wildman–Crippen MR) is 111 cm³/mol. The number of unbranched alkanes of at least 4 members (excludes halogenated alkanes) is 1. The number of hydrogen-bond donors (Lipinski definition) is 1. The van der Waals surface area contributed by atoms with E-state index >= 15 is 0 Å². The first-order valence-electron chi connectivity index (χ1n) is 9.73. The summed E-state index contributed by atoms with van der Waals surface area (Å²) in [5.74, 6) is 0.392. The van der Waals surface area contributed by atoms with Gasteiger partial charge >= 0.3 is 5.97 Å². The van der Waals surface area contributed by atoms with Gasteiger partial charge in [0.1, 0.15) is 5.75 Å². The zero-order valence-corrected chi connectivity index (χ0v) is 16.3. The van der Waals surface area contributed by atoms with E-state index in [0.29, 0.717) is 18.6 Å². The van der Waals surface area contributed by atoms with E-state index in [2.05, 4.69) is 12.1 Å². The van der Waals surface area contributed by atoms with E-state index < -0.39 is 0 Å². The van der Waals surface area contributed by atoms with Gasteiger partial charge in [0.2, 0.25) is 0 Å². The van der Waals surface area contributed by atoms with Gasteiger partial charge in [-0.3, -0.25) is 4.79 Å². The molecule has 2 rings (SSSR count). The molecular weight excluding hydrogens is 350 g/mol. The first kappa shape index (κ1) is 21.2. The van der Waals surface area contributed by atoms with Crippen molar-refractivity contribution < 1.29 is 14.6 Å². The van der Waals surface area contributed by atoms with Crippen LogP contribution in [0.1, 0.15) is 49.3 Å². The molecule has 4 nitrogen and oxygen atoms in total. The molecule has 1 N–H and O–H groups in total. The molecule has 1 atom stereocenters. The van der Waals surface area contributed by atoms with Crippen LogP contribution in [0.4, 0.5) is 0 Å². The minimum atomic E-state index is -0.143. The summed E-state index contributed by atoms with van der Waals surface area (Å²) in [6.07, 6.45) is 8.02. The fourth-order valence-corrected chi connectivity index (χ4v) is 3.06. The van der Waals surface area contributed by atoms with Gasteiger partial charge in [-0.2, -0.15) is 5.26 Å². The smallest absolute Gasteiger partial charge is 0.305 e. The fraction of sp³-hybridized carbons (Fsp3) is 0.333. The molecule has 0 aromatic heterocycles. The molecule has 2 aromatic carbocycles. The number of allylic oxidation sites excluding steroid dienone is 1. The number of carbonyl (C=O) groups excluding carboxylic acids is 1. The van der Waals surface area contributed by atoms with Crippen LogP contribution < -0.4 is 0 Å². The van der Waals surface area contributed by atoms with Crippen molar-refractivity contribution in [1.82, 2.24) is 0 Å². The number of phenols is 1. The molecule has 0 amide bonds. The van der Waals surface area contributed by atoms with Gasteiger partial charge in [0, 0.05) is 12.0 Å². The third kappa shape index (κ3) is 7.28. The number of aromatic hydroxyl groups is 1. The van der Waals surface area contributed by atoms with Gasteiger partial charge in [-0.15, -0.1) is 0 Å². The van der Waals surface area contributed by atoms with Gasteiger partial charge in [0.25, 0.3) is 0 Å². The minimum Gasteiger partial charge on any atom is -0.507 e. The first-order chi connectivity index (χ1) is 13.6. The van der Waals surface area contributed by atoms with Crippen LogP contribution in [0.3, 0.4) is 0 Å². The predicted octanol–water partition coefficient (Wildman–Crippen LogP) is 5.26. The highest BCUT2D eigenvalue weighted by molar-refractivity contribution is 5.69. The second-order valence-corrected chi connectivity index (χ2v) is 6.74. The molecule has 28 heavy (non-hydrogen) atoms. The van der Waals surface area contributed by atoms with Crippen molar-refractivity contribution in [1.29, 1.82) is 5.26 Å². The lowest BCUT2D eigenvalue weighted by molar-refractivity contribution is -0.143. The molecule has 0 aliphatic heterocycles. The molecular formula is C24H27NO3. The molecule has 0 bridgehead atoms. The molecule has 0 fully saturated rings. The molecule has 2 aromatic rings. The van der Waals surface area contributed by atoms with Crippen LogP contribution in [0.25, 0.3) is 6.08 Å². The van der Waals surface area contributed by atoms with Crippen molar-refractivity contribution in [3.05, 3.63) is 71.3 Å². The average molecular weight is 377 g/mol. The molecule has 0 radical (unpaired) electrons. The third-order valence-electron chi connectivity index (χ3n) is 4.58. The largest absolute Gasteiger partial charge is 0.507 e. The van der Waals surface area contributed by atoms with Gasteiger partial charge in [-0.1, -0.05) is 48.9 Å². The minimum absolute atomic E-state index is 0.143. The zero-order valence-electron chi connectivity index (χ0n) is 16.3. The van der Waals surface area contributed by atoms with Crippen LogP contribution in [-0.4, -0.2) is 17.7 Å². The number of nitrogens with zero attached hydrogens (tertiary/aromatic N) is 1. The number of ether oxygens (including phenoxy) is 1.